The second kappa shape index (κ2) is 3.35. The van der Waals surface area contributed by atoms with Crippen molar-refractivity contribution < 1.29 is 9.90 Å². The molecule has 1 aromatic carbocycles. The van der Waals surface area contributed by atoms with Gasteiger partial charge < -0.3 is 10.1 Å². The zero-order valence-corrected chi connectivity index (χ0v) is 8.66. The van der Waals surface area contributed by atoms with Gasteiger partial charge in [0, 0.05) is 29.6 Å². The zero-order valence-electron chi connectivity index (χ0n) is 8.66. The molecule has 16 heavy (non-hydrogen) atoms. The third-order valence-electron chi connectivity index (χ3n) is 3.13. The first kappa shape index (κ1) is 9.42. The van der Waals surface area contributed by atoms with Gasteiger partial charge in [0.2, 0.25) is 0 Å². The van der Waals surface area contributed by atoms with E-state index in [0.29, 0.717) is 13.0 Å². The minimum Gasteiger partial charge on any atom is -0.480 e. The number of nitrogens with one attached hydrogen (secondary N) is 2. The molecule has 1 aromatic heterocycles. The van der Waals surface area contributed by atoms with Crippen molar-refractivity contribution in [3.8, 4) is 0 Å². The Balaban J connectivity index is 2.09. The molecule has 1 aliphatic heterocycles. The van der Waals surface area contributed by atoms with Crippen LogP contribution in [0.5, 0.6) is 0 Å². The lowest BCUT2D eigenvalue weighted by atomic mass is 10.0. The van der Waals surface area contributed by atoms with Gasteiger partial charge in [-0.1, -0.05) is 18.2 Å². The molecule has 0 radical (unpaired) electrons. The Bertz CT molecular complexity index is 559. The highest BCUT2D eigenvalue weighted by Gasteiger charge is 2.25. The van der Waals surface area contributed by atoms with Gasteiger partial charge >= 0.3 is 5.97 Å². The summed E-state index contributed by atoms with van der Waals surface area (Å²) in [4.78, 5) is 14.2. The van der Waals surface area contributed by atoms with Crippen molar-refractivity contribution in [2.75, 3.05) is 0 Å². The number of benzene rings is 1. The Morgan fingerprint density at radius 2 is 2.19 bits per heavy atom. The van der Waals surface area contributed by atoms with E-state index in [1.165, 1.54) is 10.9 Å². The molecule has 3 rings (SSSR count). The largest absolute Gasteiger partial charge is 0.480 e. The highest BCUT2D eigenvalue weighted by atomic mass is 16.4. The molecule has 0 fully saturated rings. The van der Waals surface area contributed by atoms with Crippen molar-refractivity contribution in [3.63, 3.8) is 0 Å². The predicted octanol–water partition coefficient (Wildman–Crippen LogP) is 1.27. The van der Waals surface area contributed by atoms with E-state index in [1.54, 1.807) is 0 Å². The molecule has 1 unspecified atom stereocenters. The van der Waals surface area contributed by atoms with Crippen LogP contribution in [0.3, 0.4) is 0 Å². The Kier molecular flexibility index (Phi) is 1.97. The number of H-pyrrole nitrogens is 1. The monoisotopic (exact) mass is 216 g/mol. The van der Waals surface area contributed by atoms with E-state index < -0.39 is 12.0 Å². The maximum atomic E-state index is 10.9. The fourth-order valence-electron chi connectivity index (χ4n) is 2.31. The number of rotatable bonds is 1. The maximum absolute atomic E-state index is 10.9. The van der Waals surface area contributed by atoms with Crippen molar-refractivity contribution in [1.29, 1.82) is 0 Å². The smallest absolute Gasteiger partial charge is 0.321 e. The van der Waals surface area contributed by atoms with Crippen LogP contribution in [0.15, 0.2) is 24.3 Å². The van der Waals surface area contributed by atoms with E-state index in [9.17, 15) is 4.79 Å². The number of carboxylic acid groups (broad SMARTS) is 1. The molecular formula is C12H12N2O2. The molecule has 2 heterocycles. The van der Waals surface area contributed by atoms with Gasteiger partial charge in [-0.3, -0.25) is 10.1 Å². The molecule has 0 amide bonds. The van der Waals surface area contributed by atoms with Crippen LogP contribution in [-0.4, -0.2) is 22.1 Å². The van der Waals surface area contributed by atoms with Crippen molar-refractivity contribution in [1.82, 2.24) is 10.3 Å². The van der Waals surface area contributed by atoms with E-state index in [4.69, 9.17) is 5.11 Å². The van der Waals surface area contributed by atoms with Crippen LogP contribution in [0.1, 0.15) is 11.3 Å². The highest BCUT2D eigenvalue weighted by Crippen LogP contribution is 2.25. The van der Waals surface area contributed by atoms with E-state index in [0.717, 1.165) is 11.2 Å². The van der Waals surface area contributed by atoms with Crippen molar-refractivity contribution in [3.05, 3.63) is 35.5 Å². The predicted molar refractivity (Wildman–Crippen MR) is 60.3 cm³/mol. The molecule has 0 bridgehead atoms. The number of aromatic amines is 1. The number of carboxylic acids is 1. The molecule has 0 spiro atoms. The second-order valence-electron chi connectivity index (χ2n) is 4.10. The molecule has 4 nitrogen and oxygen atoms in total. The lowest BCUT2D eigenvalue weighted by molar-refractivity contribution is -0.139. The summed E-state index contributed by atoms with van der Waals surface area (Å²) in [5, 5.41) is 13.2. The summed E-state index contributed by atoms with van der Waals surface area (Å²) in [6, 6.07) is 7.59. The fourth-order valence-corrected chi connectivity index (χ4v) is 2.31. The summed E-state index contributed by atoms with van der Waals surface area (Å²) < 4.78 is 0. The van der Waals surface area contributed by atoms with Crippen LogP contribution >= 0.6 is 0 Å². The third-order valence-corrected chi connectivity index (χ3v) is 3.13. The fraction of sp³-hybridized carbons (Fsp3) is 0.250. The first-order valence-corrected chi connectivity index (χ1v) is 5.30. The van der Waals surface area contributed by atoms with Crippen molar-refractivity contribution in [2.24, 2.45) is 0 Å². The summed E-state index contributed by atoms with van der Waals surface area (Å²) in [7, 11) is 0. The zero-order chi connectivity index (χ0) is 11.1. The quantitative estimate of drug-likeness (QED) is 0.672. The Morgan fingerprint density at radius 1 is 1.38 bits per heavy atom. The van der Waals surface area contributed by atoms with Gasteiger partial charge in [-0.05, 0) is 11.6 Å². The molecular weight excluding hydrogens is 204 g/mol. The number of fused-ring (bicyclic) bond motifs is 3. The number of para-hydroxylation sites is 1. The summed E-state index contributed by atoms with van der Waals surface area (Å²) in [6.45, 7) is 0.621. The van der Waals surface area contributed by atoms with Crippen LogP contribution < -0.4 is 5.32 Å². The normalized spacial score (nSPS) is 19.6. The molecule has 2 aromatic rings. The van der Waals surface area contributed by atoms with Crippen molar-refractivity contribution >= 4 is 16.9 Å². The van der Waals surface area contributed by atoms with Gasteiger partial charge in [0.15, 0.2) is 0 Å². The van der Waals surface area contributed by atoms with Crippen LogP contribution in [0, 0.1) is 0 Å². The van der Waals surface area contributed by atoms with E-state index >= 15 is 0 Å². The molecule has 1 aliphatic rings. The van der Waals surface area contributed by atoms with Gasteiger partial charge in [0.1, 0.15) is 6.04 Å². The van der Waals surface area contributed by atoms with Crippen LogP contribution in [0.2, 0.25) is 0 Å². The summed E-state index contributed by atoms with van der Waals surface area (Å²) in [6.07, 6.45) is 0.527. The molecule has 0 saturated carbocycles. The van der Waals surface area contributed by atoms with Gasteiger partial charge in [0.05, 0.1) is 0 Å². The molecule has 4 heteroatoms. The van der Waals surface area contributed by atoms with Crippen LogP contribution in [0.4, 0.5) is 0 Å². The highest BCUT2D eigenvalue weighted by molar-refractivity contribution is 5.85. The van der Waals surface area contributed by atoms with Crippen molar-refractivity contribution in [2.45, 2.75) is 19.0 Å². The number of aliphatic carboxylic acids is 1. The van der Waals surface area contributed by atoms with E-state index in [1.807, 2.05) is 18.2 Å². The molecule has 0 saturated heterocycles. The van der Waals surface area contributed by atoms with Crippen LogP contribution in [-0.2, 0) is 17.8 Å². The minimum atomic E-state index is -0.788. The molecule has 0 aliphatic carbocycles. The molecule has 82 valence electrons. The summed E-state index contributed by atoms with van der Waals surface area (Å²) in [5.41, 5.74) is 3.33. The number of carbonyl (C=O) groups is 1. The number of aromatic nitrogens is 1. The lowest BCUT2D eigenvalue weighted by Crippen LogP contribution is -2.41. The first-order valence-electron chi connectivity index (χ1n) is 5.30. The summed E-state index contributed by atoms with van der Waals surface area (Å²) in [5.74, 6) is -0.788. The Hall–Kier alpha value is -1.81. The number of hydrogen-bond acceptors (Lipinski definition) is 2. The summed E-state index contributed by atoms with van der Waals surface area (Å²) >= 11 is 0. The van der Waals surface area contributed by atoms with Gasteiger partial charge in [-0.2, -0.15) is 0 Å². The molecule has 3 N–H and O–H groups in total. The molecule has 1 atom stereocenters. The first-order chi connectivity index (χ1) is 7.75. The van der Waals surface area contributed by atoms with Crippen LogP contribution in [0.25, 0.3) is 10.9 Å². The van der Waals surface area contributed by atoms with Gasteiger partial charge in [-0.25, -0.2) is 0 Å². The van der Waals surface area contributed by atoms with Gasteiger partial charge in [-0.15, -0.1) is 0 Å². The average Bonchev–Trinajstić information content (AvgIpc) is 2.66. The Labute approximate surface area is 92.3 Å². The Morgan fingerprint density at radius 3 is 3.00 bits per heavy atom. The topological polar surface area (TPSA) is 65.1 Å². The lowest BCUT2D eigenvalue weighted by Gasteiger charge is -2.20. The van der Waals surface area contributed by atoms with E-state index in [2.05, 4.69) is 16.4 Å². The maximum Gasteiger partial charge on any atom is 0.321 e. The van der Waals surface area contributed by atoms with Gasteiger partial charge in [0.25, 0.3) is 0 Å². The van der Waals surface area contributed by atoms with E-state index in [-0.39, 0.29) is 0 Å². The number of hydrogen-bond donors (Lipinski definition) is 3. The average molecular weight is 216 g/mol. The standard InChI is InChI=1S/C12H12N2O2/c15-12(16)11-5-10-8(6-13-11)7-3-1-2-4-9(7)14-10/h1-4,11,13-14H,5-6H2,(H,15,16). The minimum absolute atomic E-state index is 0.472. The third kappa shape index (κ3) is 1.31. The second-order valence-corrected chi connectivity index (χ2v) is 4.10. The SMILES string of the molecule is O=C(O)C1Cc2[nH]c3ccccc3c2CN1.